The van der Waals surface area contributed by atoms with Crippen molar-refractivity contribution in [3.8, 4) is 0 Å². The lowest BCUT2D eigenvalue weighted by molar-refractivity contribution is -0.130. The highest BCUT2D eigenvalue weighted by molar-refractivity contribution is 9.10. The van der Waals surface area contributed by atoms with E-state index in [4.69, 9.17) is 12.2 Å². The molecule has 10 heteroatoms. The van der Waals surface area contributed by atoms with Crippen LogP contribution in [0, 0.1) is 5.82 Å². The number of hydrogen-bond donors (Lipinski definition) is 2. The Hall–Kier alpha value is -2.85. The molecule has 0 aliphatic carbocycles. The third kappa shape index (κ3) is 4.82. The van der Waals surface area contributed by atoms with Crippen molar-refractivity contribution in [2.75, 3.05) is 11.9 Å². The lowest BCUT2D eigenvalue weighted by Crippen LogP contribution is -2.49. The highest BCUT2D eigenvalue weighted by Crippen LogP contribution is 2.21. The maximum absolute atomic E-state index is 13.4. The molecule has 2 aromatic rings. The van der Waals surface area contributed by atoms with Gasteiger partial charge in [-0.3, -0.25) is 24.7 Å². The second kappa shape index (κ2) is 9.31. The summed E-state index contributed by atoms with van der Waals surface area (Å²) in [4.78, 5) is 39.2. The number of thiocarbonyl (C=S) groups is 1. The molecule has 2 N–H and O–H groups in total. The summed E-state index contributed by atoms with van der Waals surface area (Å²) in [6, 6.07) is 11.1. The number of benzene rings is 2. The molecule has 1 fully saturated rings. The third-order valence-electron chi connectivity index (χ3n) is 4.41. The minimum absolute atomic E-state index is 0.0672. The zero-order valence-corrected chi connectivity index (χ0v) is 18.3. The molecule has 1 saturated heterocycles. The van der Waals surface area contributed by atoms with Crippen LogP contribution >= 0.6 is 28.1 Å². The van der Waals surface area contributed by atoms with Gasteiger partial charge in [-0.15, -0.1) is 0 Å². The highest BCUT2D eigenvalue weighted by atomic mass is 79.9. The number of likely N-dealkylation sites (N-methyl/N-ethyl adjacent to an activating group) is 1. The molecule has 0 aromatic heterocycles. The Morgan fingerprint density at radius 1 is 1.20 bits per heavy atom. The van der Waals surface area contributed by atoms with Crippen LogP contribution in [0.15, 0.2) is 53.0 Å². The summed E-state index contributed by atoms with van der Waals surface area (Å²) in [7, 11) is 0. The van der Waals surface area contributed by atoms with Gasteiger partial charge < -0.3 is 5.32 Å². The predicted octanol–water partition coefficient (Wildman–Crippen LogP) is 3.08. The molecule has 156 valence electrons. The number of anilines is 1. The fourth-order valence-electron chi connectivity index (χ4n) is 3.00. The Kier molecular flexibility index (Phi) is 6.78. The molecular formula is C20H18BrFN4O3S. The van der Waals surface area contributed by atoms with Crippen LogP contribution in [-0.2, 0) is 9.59 Å². The molecular weight excluding hydrogens is 475 g/mol. The van der Waals surface area contributed by atoms with Crippen LogP contribution < -0.4 is 10.7 Å². The first-order chi connectivity index (χ1) is 14.3. The van der Waals surface area contributed by atoms with E-state index in [0.29, 0.717) is 5.69 Å². The summed E-state index contributed by atoms with van der Waals surface area (Å²) >= 11 is 8.64. The SMILES string of the molecule is CCN1C(=O)C(CC(=O)Nc2cccc(Br)c2)N(NC(=O)c2cccc(F)c2)C1=S. The van der Waals surface area contributed by atoms with E-state index in [1.165, 1.54) is 28.1 Å². The van der Waals surface area contributed by atoms with Crippen molar-refractivity contribution in [2.24, 2.45) is 0 Å². The summed E-state index contributed by atoms with van der Waals surface area (Å²) < 4.78 is 14.2. The Morgan fingerprint density at radius 3 is 2.60 bits per heavy atom. The summed E-state index contributed by atoms with van der Waals surface area (Å²) in [5.41, 5.74) is 3.16. The minimum atomic E-state index is -1.01. The molecule has 0 bridgehead atoms. The molecule has 7 nitrogen and oxygen atoms in total. The van der Waals surface area contributed by atoms with E-state index >= 15 is 0 Å². The Labute approximate surface area is 186 Å². The van der Waals surface area contributed by atoms with E-state index in [-0.39, 0.29) is 23.6 Å². The number of carbonyl (C=O) groups excluding carboxylic acids is 3. The van der Waals surface area contributed by atoms with Crippen LogP contribution in [0.25, 0.3) is 0 Å². The van der Waals surface area contributed by atoms with E-state index in [1.54, 1.807) is 25.1 Å². The van der Waals surface area contributed by atoms with Crippen molar-refractivity contribution in [1.82, 2.24) is 15.3 Å². The van der Waals surface area contributed by atoms with E-state index in [1.807, 2.05) is 6.07 Å². The van der Waals surface area contributed by atoms with Crippen LogP contribution in [0.5, 0.6) is 0 Å². The molecule has 30 heavy (non-hydrogen) atoms. The molecule has 3 amide bonds. The second-order valence-electron chi connectivity index (χ2n) is 6.46. The average molecular weight is 493 g/mol. The van der Waals surface area contributed by atoms with Gasteiger partial charge in [-0.05, 0) is 55.5 Å². The Balaban J connectivity index is 1.77. The third-order valence-corrected chi connectivity index (χ3v) is 5.32. The molecule has 1 aliphatic heterocycles. The predicted molar refractivity (Wildman–Crippen MR) is 117 cm³/mol. The van der Waals surface area contributed by atoms with Gasteiger partial charge >= 0.3 is 0 Å². The van der Waals surface area contributed by atoms with Gasteiger partial charge in [0.25, 0.3) is 11.8 Å². The Morgan fingerprint density at radius 2 is 1.93 bits per heavy atom. The highest BCUT2D eigenvalue weighted by Gasteiger charge is 2.43. The van der Waals surface area contributed by atoms with E-state index in [2.05, 4.69) is 26.7 Å². The fraction of sp³-hybridized carbons (Fsp3) is 0.200. The van der Waals surface area contributed by atoms with Gasteiger partial charge in [0.1, 0.15) is 11.9 Å². The number of amides is 3. The maximum Gasteiger partial charge on any atom is 0.269 e. The number of nitrogens with zero attached hydrogens (tertiary/aromatic N) is 2. The first-order valence-corrected chi connectivity index (χ1v) is 10.3. The molecule has 1 atom stereocenters. The van der Waals surface area contributed by atoms with Crippen molar-refractivity contribution in [3.05, 3.63) is 64.4 Å². The zero-order chi connectivity index (χ0) is 21.8. The van der Waals surface area contributed by atoms with E-state index in [0.717, 1.165) is 10.5 Å². The normalized spacial score (nSPS) is 16.0. The molecule has 1 aliphatic rings. The minimum Gasteiger partial charge on any atom is -0.326 e. The van der Waals surface area contributed by atoms with Gasteiger partial charge in [-0.25, -0.2) is 9.40 Å². The number of rotatable bonds is 6. The van der Waals surface area contributed by atoms with Crippen LogP contribution in [0.3, 0.4) is 0 Å². The van der Waals surface area contributed by atoms with Gasteiger partial charge in [-0.2, -0.15) is 0 Å². The monoisotopic (exact) mass is 492 g/mol. The fourth-order valence-corrected chi connectivity index (χ4v) is 3.79. The number of halogens is 2. The van der Waals surface area contributed by atoms with Gasteiger partial charge in [0.05, 0.1) is 6.42 Å². The standard InChI is InChI=1S/C20H18BrFN4O3S/c1-2-25-19(29)16(11-17(27)23-15-8-4-6-13(21)10-15)26(20(25)30)24-18(28)12-5-3-7-14(22)9-12/h3-10,16H,2,11H2,1H3,(H,23,27)(H,24,28). The number of carbonyl (C=O) groups is 3. The van der Waals surface area contributed by atoms with Gasteiger partial charge in [0.15, 0.2) is 5.11 Å². The van der Waals surface area contributed by atoms with Gasteiger partial charge in [0.2, 0.25) is 5.91 Å². The topological polar surface area (TPSA) is 81.8 Å². The molecule has 3 rings (SSSR count). The van der Waals surface area contributed by atoms with E-state index < -0.39 is 29.6 Å². The first-order valence-electron chi connectivity index (χ1n) is 9.06. The van der Waals surface area contributed by atoms with Crippen LogP contribution in [0.2, 0.25) is 0 Å². The lowest BCUT2D eigenvalue weighted by Gasteiger charge is -2.24. The first kappa shape index (κ1) is 21.8. The van der Waals surface area contributed by atoms with Crippen LogP contribution in [0.1, 0.15) is 23.7 Å². The summed E-state index contributed by atoms with van der Waals surface area (Å²) in [6.07, 6.45) is -0.231. The van der Waals surface area contributed by atoms with Crippen LogP contribution in [0.4, 0.5) is 10.1 Å². The van der Waals surface area contributed by atoms with Crippen molar-refractivity contribution >= 4 is 56.7 Å². The molecule has 0 radical (unpaired) electrons. The van der Waals surface area contributed by atoms with Crippen LogP contribution in [-0.4, -0.2) is 45.3 Å². The van der Waals surface area contributed by atoms with Gasteiger partial charge in [0, 0.05) is 22.3 Å². The van der Waals surface area contributed by atoms with Gasteiger partial charge in [-0.1, -0.05) is 28.1 Å². The smallest absolute Gasteiger partial charge is 0.269 e. The molecule has 1 unspecified atom stereocenters. The summed E-state index contributed by atoms with van der Waals surface area (Å²) in [6.45, 7) is 2.02. The average Bonchev–Trinajstić information content (AvgIpc) is 2.91. The molecule has 0 saturated carbocycles. The summed E-state index contributed by atoms with van der Waals surface area (Å²) in [5.74, 6) is -2.02. The summed E-state index contributed by atoms with van der Waals surface area (Å²) in [5, 5.41) is 3.98. The van der Waals surface area contributed by atoms with Crippen molar-refractivity contribution in [3.63, 3.8) is 0 Å². The zero-order valence-electron chi connectivity index (χ0n) is 15.9. The maximum atomic E-state index is 13.4. The lowest BCUT2D eigenvalue weighted by atomic mass is 10.1. The number of hydrazine groups is 1. The molecule has 0 spiro atoms. The van der Waals surface area contributed by atoms with Crippen molar-refractivity contribution in [2.45, 2.75) is 19.4 Å². The number of hydrogen-bond acceptors (Lipinski definition) is 4. The van der Waals surface area contributed by atoms with E-state index in [9.17, 15) is 18.8 Å². The van der Waals surface area contributed by atoms with Crippen molar-refractivity contribution in [1.29, 1.82) is 0 Å². The van der Waals surface area contributed by atoms with Crippen molar-refractivity contribution < 1.29 is 18.8 Å². The quantitative estimate of drug-likeness (QED) is 0.605. The number of nitrogens with one attached hydrogen (secondary N) is 2. The molecule has 1 heterocycles. The second-order valence-corrected chi connectivity index (χ2v) is 7.75. The molecule has 2 aromatic carbocycles. The Bertz CT molecular complexity index is 1020. The largest absolute Gasteiger partial charge is 0.326 e.